The minimum Gasteiger partial charge on any atom is -0.390 e. The predicted molar refractivity (Wildman–Crippen MR) is 77.6 cm³/mol. The summed E-state index contributed by atoms with van der Waals surface area (Å²) >= 11 is 0. The van der Waals surface area contributed by atoms with Gasteiger partial charge in [0.2, 0.25) is 0 Å². The molecule has 0 unspecified atom stereocenters. The average Bonchev–Trinajstić information content (AvgIpc) is 2.45. The Morgan fingerprint density at radius 1 is 1.29 bits per heavy atom. The van der Waals surface area contributed by atoms with Gasteiger partial charge >= 0.3 is 0 Å². The van der Waals surface area contributed by atoms with Crippen LogP contribution in [0.5, 0.6) is 0 Å². The normalized spacial score (nSPS) is 36.6. The quantitative estimate of drug-likeness (QED) is 0.813. The predicted octanol–water partition coefficient (Wildman–Crippen LogP) is 1.74. The Hall–Kier alpha value is -1.75. The molecule has 4 bridgehead atoms. The summed E-state index contributed by atoms with van der Waals surface area (Å²) in [5, 5.41) is 14.9. The topological polar surface area (TPSA) is 74.6 Å². The van der Waals surface area contributed by atoms with Gasteiger partial charge in [0.05, 0.1) is 5.60 Å². The highest BCUT2D eigenvalue weighted by molar-refractivity contribution is 5.95. The minimum absolute atomic E-state index is 0.268. The van der Waals surface area contributed by atoms with Gasteiger partial charge in [0.1, 0.15) is 5.69 Å². The first-order valence-electron chi connectivity index (χ1n) is 7.64. The molecule has 1 amide bonds. The molecule has 21 heavy (non-hydrogen) atoms. The summed E-state index contributed by atoms with van der Waals surface area (Å²) in [5.41, 5.74) is 3.63. The molecule has 0 aliphatic heterocycles. The SMILES string of the molecule is O=C(NN=C1[C@@H]2CC3C[C@@H]1CC(O)(C3)C2)c1ccccn1. The van der Waals surface area contributed by atoms with Crippen molar-refractivity contribution in [2.45, 2.75) is 37.7 Å². The molecule has 0 spiro atoms. The van der Waals surface area contributed by atoms with Gasteiger partial charge in [-0.3, -0.25) is 9.78 Å². The molecule has 4 aliphatic carbocycles. The molecule has 2 atom stereocenters. The van der Waals surface area contributed by atoms with Gasteiger partial charge < -0.3 is 5.11 Å². The number of hydrogen-bond acceptors (Lipinski definition) is 4. The third kappa shape index (κ3) is 2.25. The van der Waals surface area contributed by atoms with E-state index < -0.39 is 5.60 Å². The number of hydrazone groups is 1. The van der Waals surface area contributed by atoms with Gasteiger partial charge in [-0.25, -0.2) is 5.43 Å². The zero-order valence-corrected chi connectivity index (χ0v) is 11.8. The Labute approximate surface area is 123 Å². The van der Waals surface area contributed by atoms with Gasteiger partial charge in [0.15, 0.2) is 0 Å². The van der Waals surface area contributed by atoms with Crippen LogP contribution >= 0.6 is 0 Å². The lowest BCUT2D eigenvalue weighted by Gasteiger charge is -2.54. The second-order valence-corrected chi connectivity index (χ2v) is 6.76. The van der Waals surface area contributed by atoms with Crippen molar-refractivity contribution in [1.82, 2.24) is 10.4 Å². The van der Waals surface area contributed by atoms with Crippen molar-refractivity contribution >= 4 is 11.6 Å². The Bertz CT molecular complexity index is 581. The van der Waals surface area contributed by atoms with Gasteiger partial charge in [0, 0.05) is 23.7 Å². The lowest BCUT2D eigenvalue weighted by Crippen LogP contribution is -2.55. The summed E-state index contributed by atoms with van der Waals surface area (Å²) in [6, 6.07) is 5.24. The number of hydrogen-bond donors (Lipinski definition) is 2. The smallest absolute Gasteiger partial charge is 0.289 e. The van der Waals surface area contributed by atoms with E-state index in [1.807, 2.05) is 0 Å². The Morgan fingerprint density at radius 3 is 2.67 bits per heavy atom. The first kappa shape index (κ1) is 13.0. The molecule has 110 valence electrons. The van der Waals surface area contributed by atoms with Gasteiger partial charge in [-0.1, -0.05) is 6.07 Å². The summed E-state index contributed by atoms with van der Waals surface area (Å²) in [5.74, 6) is 1.05. The van der Waals surface area contributed by atoms with Crippen molar-refractivity contribution in [1.29, 1.82) is 0 Å². The molecule has 5 nitrogen and oxygen atoms in total. The summed E-state index contributed by atoms with van der Waals surface area (Å²) in [7, 11) is 0. The van der Waals surface area contributed by atoms with E-state index >= 15 is 0 Å². The standard InChI is InChI=1S/C16H19N3O2/c20-15(13-3-1-2-4-17-13)19-18-14-11-5-10-6-12(14)9-16(21,7-10)8-11/h1-4,10-12,21H,5-9H2,(H,19,20)/t10?,11-,12-,16?/m1/s1. The second kappa shape index (κ2) is 4.63. The van der Waals surface area contributed by atoms with Crippen molar-refractivity contribution in [3.63, 3.8) is 0 Å². The maximum Gasteiger partial charge on any atom is 0.289 e. The highest BCUT2D eigenvalue weighted by atomic mass is 16.3. The zero-order chi connectivity index (χ0) is 14.4. The van der Waals surface area contributed by atoms with E-state index in [0.717, 1.165) is 37.8 Å². The van der Waals surface area contributed by atoms with Crippen molar-refractivity contribution in [3.8, 4) is 0 Å². The molecule has 0 radical (unpaired) electrons. The molecule has 4 fully saturated rings. The lowest BCUT2D eigenvalue weighted by molar-refractivity contribution is -0.0825. The summed E-state index contributed by atoms with van der Waals surface area (Å²) in [6.45, 7) is 0. The van der Waals surface area contributed by atoms with Crippen LogP contribution < -0.4 is 5.43 Å². The second-order valence-electron chi connectivity index (χ2n) is 6.76. The fourth-order valence-corrected chi connectivity index (χ4v) is 4.58. The number of aliphatic hydroxyl groups is 1. The molecule has 0 aromatic carbocycles. The number of pyridine rings is 1. The fourth-order valence-electron chi connectivity index (χ4n) is 4.58. The molecule has 1 heterocycles. The first-order chi connectivity index (χ1) is 10.1. The molecular formula is C16H19N3O2. The molecule has 4 saturated carbocycles. The molecule has 4 aliphatic rings. The molecule has 5 heteroatoms. The molecular weight excluding hydrogens is 266 g/mol. The Morgan fingerprint density at radius 2 is 2.05 bits per heavy atom. The van der Waals surface area contributed by atoms with Crippen LogP contribution in [0.25, 0.3) is 0 Å². The maximum absolute atomic E-state index is 12.0. The molecule has 2 N–H and O–H groups in total. The van der Waals surface area contributed by atoms with Crippen LogP contribution in [0, 0.1) is 17.8 Å². The van der Waals surface area contributed by atoms with Crippen molar-refractivity contribution < 1.29 is 9.90 Å². The van der Waals surface area contributed by atoms with Crippen molar-refractivity contribution in [2.75, 3.05) is 0 Å². The number of amides is 1. The van der Waals surface area contributed by atoms with Crippen LogP contribution in [-0.2, 0) is 0 Å². The first-order valence-corrected chi connectivity index (χ1v) is 7.64. The van der Waals surface area contributed by atoms with Crippen LogP contribution in [0.15, 0.2) is 29.5 Å². The molecule has 0 saturated heterocycles. The van der Waals surface area contributed by atoms with Crippen LogP contribution in [0.4, 0.5) is 0 Å². The maximum atomic E-state index is 12.0. The summed E-state index contributed by atoms with van der Waals surface area (Å²) in [4.78, 5) is 16.0. The highest BCUT2D eigenvalue weighted by Crippen LogP contribution is 2.54. The Balaban J connectivity index is 1.51. The summed E-state index contributed by atoms with van der Waals surface area (Å²) in [6.07, 6.45) is 6.37. The molecule has 5 rings (SSSR count). The Kier molecular flexibility index (Phi) is 2.85. The number of nitrogens with zero attached hydrogens (tertiary/aromatic N) is 2. The van der Waals surface area contributed by atoms with E-state index in [1.165, 1.54) is 0 Å². The monoisotopic (exact) mass is 285 g/mol. The van der Waals surface area contributed by atoms with Crippen LogP contribution in [-0.4, -0.2) is 27.3 Å². The molecule has 1 aromatic rings. The van der Waals surface area contributed by atoms with Gasteiger partial charge in [-0.15, -0.1) is 0 Å². The van der Waals surface area contributed by atoms with Crippen molar-refractivity contribution in [2.24, 2.45) is 22.9 Å². The van der Waals surface area contributed by atoms with E-state index in [4.69, 9.17) is 0 Å². The number of carbonyl (C=O) groups excluding carboxylic acids is 1. The summed E-state index contributed by atoms with van der Waals surface area (Å²) < 4.78 is 0. The number of nitrogens with one attached hydrogen (secondary N) is 1. The number of rotatable bonds is 2. The van der Waals surface area contributed by atoms with Crippen LogP contribution in [0.1, 0.15) is 42.6 Å². The van der Waals surface area contributed by atoms with Crippen molar-refractivity contribution in [3.05, 3.63) is 30.1 Å². The van der Waals surface area contributed by atoms with Gasteiger partial charge in [-0.05, 0) is 50.2 Å². The average molecular weight is 285 g/mol. The third-order valence-corrected chi connectivity index (χ3v) is 5.18. The number of aromatic nitrogens is 1. The fraction of sp³-hybridized carbons (Fsp3) is 0.562. The van der Waals surface area contributed by atoms with E-state index in [-0.39, 0.29) is 5.91 Å². The van der Waals surface area contributed by atoms with E-state index in [2.05, 4.69) is 15.5 Å². The number of carbonyl (C=O) groups is 1. The largest absolute Gasteiger partial charge is 0.390 e. The van der Waals surface area contributed by atoms with E-state index in [0.29, 0.717) is 23.4 Å². The lowest BCUT2D eigenvalue weighted by atomic mass is 9.53. The molecule has 1 aromatic heterocycles. The van der Waals surface area contributed by atoms with Crippen LogP contribution in [0.2, 0.25) is 0 Å². The van der Waals surface area contributed by atoms with E-state index in [1.54, 1.807) is 24.4 Å². The van der Waals surface area contributed by atoms with E-state index in [9.17, 15) is 9.90 Å². The van der Waals surface area contributed by atoms with Crippen LogP contribution in [0.3, 0.4) is 0 Å². The zero-order valence-electron chi connectivity index (χ0n) is 11.8. The van der Waals surface area contributed by atoms with Gasteiger partial charge in [0.25, 0.3) is 5.91 Å². The third-order valence-electron chi connectivity index (χ3n) is 5.18. The minimum atomic E-state index is -0.472. The highest BCUT2D eigenvalue weighted by Gasteiger charge is 2.53. The van der Waals surface area contributed by atoms with Gasteiger partial charge in [-0.2, -0.15) is 5.10 Å².